The Bertz CT molecular complexity index is 840. The third-order valence-electron chi connectivity index (χ3n) is 3.41. The highest BCUT2D eigenvalue weighted by atomic mass is 79.9. The minimum absolute atomic E-state index is 0.0443. The number of ether oxygens (including phenoxy) is 1. The van der Waals surface area contributed by atoms with Crippen molar-refractivity contribution in [2.24, 2.45) is 4.99 Å². The van der Waals surface area contributed by atoms with Gasteiger partial charge in [-0.25, -0.2) is 22.6 Å². The zero-order valence-corrected chi connectivity index (χ0v) is 16.7. The van der Waals surface area contributed by atoms with Gasteiger partial charge in [0.25, 0.3) is 0 Å². The maximum atomic E-state index is 14.0. The van der Waals surface area contributed by atoms with E-state index >= 15 is 0 Å². The summed E-state index contributed by atoms with van der Waals surface area (Å²) in [5, 5.41) is 0.996. The second-order valence-electron chi connectivity index (χ2n) is 6.68. The van der Waals surface area contributed by atoms with E-state index in [1.807, 2.05) is 0 Å². The zero-order valence-electron chi connectivity index (χ0n) is 14.3. The fourth-order valence-corrected chi connectivity index (χ4v) is 4.30. The summed E-state index contributed by atoms with van der Waals surface area (Å²) in [5.74, 6) is -1.86. The number of halogens is 3. The minimum Gasteiger partial charge on any atom is -0.442 e. The lowest BCUT2D eigenvalue weighted by Gasteiger charge is -2.31. The molecule has 2 atom stereocenters. The zero-order chi connectivity index (χ0) is 19.7. The lowest BCUT2D eigenvalue weighted by atomic mass is 10.1. The first-order chi connectivity index (χ1) is 11.9. The van der Waals surface area contributed by atoms with Crippen LogP contribution in [0.25, 0.3) is 0 Å². The highest BCUT2D eigenvalue weighted by Crippen LogP contribution is 2.27. The van der Waals surface area contributed by atoms with Crippen LogP contribution in [0.2, 0.25) is 0 Å². The van der Waals surface area contributed by atoms with Crippen LogP contribution >= 0.6 is 15.9 Å². The number of carbonyl (C=O) groups is 1. The molecule has 0 aliphatic carbocycles. The number of nitrogens with one attached hydrogen (secondary N) is 1. The number of pyridine rings is 1. The number of hydrogen-bond donors (Lipinski definition) is 1. The van der Waals surface area contributed by atoms with E-state index in [-0.39, 0.29) is 5.56 Å². The summed E-state index contributed by atoms with van der Waals surface area (Å²) in [6, 6.07) is 0.283. The fraction of sp³-hybridized carbons (Fsp3) is 0.533. The largest absolute Gasteiger partial charge is 0.442 e. The van der Waals surface area contributed by atoms with Crippen molar-refractivity contribution in [1.82, 2.24) is 10.3 Å². The number of rotatable bonds is 2. The summed E-state index contributed by atoms with van der Waals surface area (Å²) in [6.45, 7) is 3.54. The summed E-state index contributed by atoms with van der Waals surface area (Å²) < 4.78 is 57.6. The Balaban J connectivity index is 2.42. The number of aliphatic imine (C=N–C) groups is 1. The predicted molar refractivity (Wildman–Crippen MR) is 95.0 cm³/mol. The second kappa shape index (κ2) is 7.55. The van der Waals surface area contributed by atoms with Crippen LogP contribution in [0.1, 0.15) is 32.4 Å². The van der Waals surface area contributed by atoms with Crippen molar-refractivity contribution >= 4 is 37.7 Å². The summed E-state index contributed by atoms with van der Waals surface area (Å²) in [4.78, 5) is 19.0. The van der Waals surface area contributed by atoms with Gasteiger partial charge in [-0.2, -0.15) is 9.38 Å². The molecule has 1 unspecified atom stereocenters. The predicted octanol–water partition coefficient (Wildman–Crippen LogP) is 2.71. The third kappa shape index (κ3) is 4.97. The molecule has 1 aliphatic rings. The SMILES string of the molecule is CC(C)(C)OC(=O)/N=C1/N[C@H](c2cc(Br)cnc2F)CS(=O)(=O)C1CF. The van der Waals surface area contributed by atoms with E-state index in [0.29, 0.717) is 4.47 Å². The number of sulfone groups is 1. The van der Waals surface area contributed by atoms with E-state index in [4.69, 9.17) is 4.74 Å². The highest BCUT2D eigenvalue weighted by molar-refractivity contribution is 9.10. The number of hydrogen-bond acceptors (Lipinski definition) is 5. The van der Waals surface area contributed by atoms with Crippen LogP contribution in [0, 0.1) is 5.95 Å². The molecule has 0 bridgehead atoms. The molecule has 11 heteroatoms. The number of alkyl halides is 1. The van der Waals surface area contributed by atoms with Gasteiger partial charge in [-0.1, -0.05) is 0 Å². The Morgan fingerprint density at radius 3 is 2.73 bits per heavy atom. The van der Waals surface area contributed by atoms with Gasteiger partial charge in [0.05, 0.1) is 11.8 Å². The van der Waals surface area contributed by atoms with Crippen molar-refractivity contribution in [3.8, 4) is 0 Å². The summed E-state index contributed by atoms with van der Waals surface area (Å²) in [6.07, 6.45) is 0.151. The molecule has 1 N–H and O–H groups in total. The molecule has 1 amide bonds. The molecular formula is C15H18BrF2N3O4S. The highest BCUT2D eigenvalue weighted by Gasteiger charge is 2.41. The van der Waals surface area contributed by atoms with Crippen LogP contribution < -0.4 is 5.32 Å². The molecule has 0 radical (unpaired) electrons. The first kappa shape index (κ1) is 20.7. The van der Waals surface area contributed by atoms with Crippen LogP contribution in [0.3, 0.4) is 0 Å². The van der Waals surface area contributed by atoms with Gasteiger partial charge in [0.2, 0.25) is 5.95 Å². The molecule has 26 heavy (non-hydrogen) atoms. The molecule has 1 aliphatic heterocycles. The van der Waals surface area contributed by atoms with Crippen molar-refractivity contribution in [2.75, 3.05) is 12.4 Å². The maximum Gasteiger partial charge on any atom is 0.435 e. The van der Waals surface area contributed by atoms with E-state index in [9.17, 15) is 22.0 Å². The smallest absolute Gasteiger partial charge is 0.435 e. The third-order valence-corrected chi connectivity index (χ3v) is 5.86. The molecule has 2 heterocycles. The molecule has 0 aromatic carbocycles. The lowest BCUT2D eigenvalue weighted by Crippen LogP contribution is -2.52. The van der Waals surface area contributed by atoms with E-state index in [1.54, 1.807) is 20.8 Å². The van der Waals surface area contributed by atoms with Crippen LogP contribution in [-0.4, -0.2) is 48.6 Å². The molecule has 0 saturated carbocycles. The van der Waals surface area contributed by atoms with E-state index in [1.165, 1.54) is 12.3 Å². The number of aromatic nitrogens is 1. The van der Waals surface area contributed by atoms with Gasteiger partial charge >= 0.3 is 6.09 Å². The summed E-state index contributed by atoms with van der Waals surface area (Å²) in [5.41, 5.74) is -0.906. The molecule has 1 aromatic heterocycles. The first-order valence-electron chi connectivity index (χ1n) is 7.59. The Morgan fingerprint density at radius 1 is 1.50 bits per heavy atom. The first-order valence-corrected chi connectivity index (χ1v) is 10.1. The normalized spacial score (nSPS) is 24.2. The van der Waals surface area contributed by atoms with Crippen LogP contribution in [0.4, 0.5) is 13.6 Å². The number of carbonyl (C=O) groups excluding carboxylic acids is 1. The van der Waals surface area contributed by atoms with Crippen molar-refractivity contribution in [2.45, 2.75) is 37.7 Å². The van der Waals surface area contributed by atoms with Crippen molar-refractivity contribution in [3.63, 3.8) is 0 Å². The second-order valence-corrected chi connectivity index (χ2v) is 9.82. The van der Waals surface area contributed by atoms with E-state index in [2.05, 4.69) is 31.2 Å². The molecule has 7 nitrogen and oxygen atoms in total. The van der Waals surface area contributed by atoms with Gasteiger partial charge in [-0.15, -0.1) is 0 Å². The minimum atomic E-state index is -4.02. The quantitative estimate of drug-likeness (QED) is 0.691. The Labute approximate surface area is 158 Å². The van der Waals surface area contributed by atoms with Crippen LogP contribution in [0.5, 0.6) is 0 Å². The molecule has 1 saturated heterocycles. The fourth-order valence-electron chi connectivity index (χ4n) is 2.34. The van der Waals surface area contributed by atoms with Gasteiger partial charge in [0.15, 0.2) is 9.84 Å². The molecule has 1 aromatic rings. The number of nitrogens with zero attached hydrogens (tertiary/aromatic N) is 2. The number of amidine groups is 1. The standard InChI is InChI=1S/C15H18BrF2N3O4S/c1-15(2,3)25-14(22)21-13-11(5-17)26(23,24)7-10(20-13)9-4-8(16)6-19-12(9)18/h4,6,10-11H,5,7H2,1-3H3,(H,20,21,22)/t10-,11?/m0/s1. The monoisotopic (exact) mass is 453 g/mol. The topological polar surface area (TPSA) is 97.7 Å². The average molecular weight is 454 g/mol. The number of amides is 1. The van der Waals surface area contributed by atoms with Gasteiger partial charge in [-0.05, 0) is 42.8 Å². The van der Waals surface area contributed by atoms with Gasteiger partial charge in [0.1, 0.15) is 23.4 Å². The van der Waals surface area contributed by atoms with Gasteiger partial charge < -0.3 is 10.1 Å². The lowest BCUT2D eigenvalue weighted by molar-refractivity contribution is 0.0603. The van der Waals surface area contributed by atoms with Crippen LogP contribution in [0.15, 0.2) is 21.7 Å². The Kier molecular flexibility index (Phi) is 6.01. The molecule has 1 fully saturated rings. The Hall–Kier alpha value is -1.62. The van der Waals surface area contributed by atoms with Gasteiger partial charge in [-0.3, -0.25) is 0 Å². The molecule has 144 valence electrons. The summed E-state index contributed by atoms with van der Waals surface area (Å²) >= 11 is 3.13. The molecule has 0 spiro atoms. The van der Waals surface area contributed by atoms with Crippen molar-refractivity contribution in [1.29, 1.82) is 0 Å². The molecular weight excluding hydrogens is 436 g/mol. The van der Waals surface area contributed by atoms with Crippen LogP contribution in [-0.2, 0) is 14.6 Å². The van der Waals surface area contributed by atoms with Crippen molar-refractivity contribution < 1.29 is 26.7 Å². The Morgan fingerprint density at radius 2 is 2.15 bits per heavy atom. The van der Waals surface area contributed by atoms with Gasteiger partial charge in [0, 0.05) is 16.2 Å². The molecule has 2 rings (SSSR count). The van der Waals surface area contributed by atoms with Crippen molar-refractivity contribution in [3.05, 3.63) is 28.2 Å². The van der Waals surface area contributed by atoms with E-state index in [0.717, 1.165) is 0 Å². The van der Waals surface area contributed by atoms with E-state index < -0.39 is 57.0 Å². The summed E-state index contributed by atoms with van der Waals surface area (Å²) in [7, 11) is -4.02. The average Bonchev–Trinajstić information content (AvgIpc) is 2.46. The maximum absolute atomic E-state index is 14.0.